The lowest BCUT2D eigenvalue weighted by Crippen LogP contribution is -2.29. The summed E-state index contributed by atoms with van der Waals surface area (Å²) < 4.78 is 18.8. The first-order valence-electron chi connectivity index (χ1n) is 6.19. The van der Waals surface area contributed by atoms with E-state index in [1.807, 2.05) is 4.90 Å². The molecule has 1 aromatic rings. The first-order chi connectivity index (χ1) is 9.11. The van der Waals surface area contributed by atoms with E-state index >= 15 is 0 Å². The van der Waals surface area contributed by atoms with Crippen molar-refractivity contribution in [2.24, 2.45) is 0 Å². The zero-order valence-electron chi connectivity index (χ0n) is 11.3. The van der Waals surface area contributed by atoms with E-state index in [9.17, 15) is 9.50 Å². The predicted octanol–water partition coefficient (Wildman–Crippen LogP) is 2.25. The maximum absolute atomic E-state index is 13.8. The van der Waals surface area contributed by atoms with E-state index in [-0.39, 0.29) is 5.56 Å². The summed E-state index contributed by atoms with van der Waals surface area (Å²) in [5, 5.41) is 18.4. The van der Waals surface area contributed by atoms with E-state index in [0.717, 1.165) is 0 Å². The van der Waals surface area contributed by atoms with Gasteiger partial charge in [0.1, 0.15) is 5.82 Å². The van der Waals surface area contributed by atoms with Gasteiger partial charge in [-0.2, -0.15) is 5.26 Å². The van der Waals surface area contributed by atoms with Gasteiger partial charge in [-0.25, -0.2) is 4.39 Å². The molecule has 4 nitrogen and oxygen atoms in total. The molecule has 0 aliphatic rings. The summed E-state index contributed by atoms with van der Waals surface area (Å²) in [6.45, 7) is 3.02. The Bertz CT molecular complexity index is 444. The molecule has 0 unspecified atom stereocenters. The Kier molecular flexibility index (Phi) is 6.26. The molecule has 0 bridgehead atoms. The Morgan fingerprint density at radius 3 is 2.79 bits per heavy atom. The van der Waals surface area contributed by atoms with Crippen molar-refractivity contribution in [3.05, 3.63) is 29.6 Å². The lowest BCUT2D eigenvalue weighted by atomic mass is 10.1. The van der Waals surface area contributed by atoms with Crippen LogP contribution in [0.4, 0.5) is 10.1 Å². The van der Waals surface area contributed by atoms with E-state index in [2.05, 4.69) is 6.07 Å². The number of hydrogen-bond acceptors (Lipinski definition) is 4. The Morgan fingerprint density at radius 1 is 1.47 bits per heavy atom. The summed E-state index contributed by atoms with van der Waals surface area (Å²) in [6.07, 6.45) is -0.567. The van der Waals surface area contributed by atoms with Crippen molar-refractivity contribution in [1.29, 1.82) is 5.26 Å². The SMILES string of the molecule is COCCN(CCC#N)c1cccc(F)c1[C@H](C)O. The number of benzene rings is 1. The third kappa shape index (κ3) is 4.19. The molecule has 0 aliphatic heterocycles. The van der Waals surface area contributed by atoms with Crippen LogP contribution in [0.15, 0.2) is 18.2 Å². The number of halogens is 1. The molecular formula is C14H19FN2O2. The van der Waals surface area contributed by atoms with Crippen molar-refractivity contribution in [1.82, 2.24) is 0 Å². The average molecular weight is 266 g/mol. The van der Waals surface area contributed by atoms with Crippen molar-refractivity contribution in [2.75, 3.05) is 31.7 Å². The van der Waals surface area contributed by atoms with Crippen LogP contribution in [0.25, 0.3) is 0 Å². The van der Waals surface area contributed by atoms with Crippen LogP contribution in [0.5, 0.6) is 0 Å². The summed E-state index contributed by atoms with van der Waals surface area (Å²) in [7, 11) is 1.59. The highest BCUT2D eigenvalue weighted by Crippen LogP contribution is 2.29. The molecule has 0 radical (unpaired) electrons. The van der Waals surface area contributed by atoms with Gasteiger partial charge in [-0.1, -0.05) is 6.07 Å². The highest BCUT2D eigenvalue weighted by Gasteiger charge is 2.18. The molecule has 104 valence electrons. The standard InChI is InChI=1S/C14H19FN2O2/c1-11(18)14-12(15)5-3-6-13(14)17(8-4-7-16)9-10-19-2/h3,5-6,11,18H,4,8-10H2,1-2H3/t11-/m0/s1. The fraction of sp³-hybridized carbons (Fsp3) is 0.500. The van der Waals surface area contributed by atoms with Crippen LogP contribution in [0, 0.1) is 17.1 Å². The minimum absolute atomic E-state index is 0.261. The van der Waals surface area contributed by atoms with Crippen LogP contribution >= 0.6 is 0 Å². The number of aliphatic hydroxyl groups excluding tert-OH is 1. The van der Waals surface area contributed by atoms with Gasteiger partial charge in [-0.05, 0) is 19.1 Å². The number of nitrogens with zero attached hydrogens (tertiary/aromatic N) is 2. The molecule has 1 aromatic carbocycles. The third-order valence-electron chi connectivity index (χ3n) is 2.85. The van der Waals surface area contributed by atoms with Gasteiger partial charge in [0.2, 0.25) is 0 Å². The number of methoxy groups -OCH3 is 1. The minimum atomic E-state index is -0.900. The first kappa shape index (κ1) is 15.4. The zero-order chi connectivity index (χ0) is 14.3. The van der Waals surface area contributed by atoms with Crippen LogP contribution in [0.3, 0.4) is 0 Å². The molecule has 0 aromatic heterocycles. The molecule has 0 saturated carbocycles. The van der Waals surface area contributed by atoms with Crippen molar-refractivity contribution in [2.45, 2.75) is 19.4 Å². The number of anilines is 1. The van der Waals surface area contributed by atoms with Gasteiger partial charge < -0.3 is 14.7 Å². The van der Waals surface area contributed by atoms with Crippen LogP contribution < -0.4 is 4.90 Å². The van der Waals surface area contributed by atoms with E-state index in [4.69, 9.17) is 10.00 Å². The van der Waals surface area contributed by atoms with Gasteiger partial charge in [-0.3, -0.25) is 0 Å². The average Bonchev–Trinajstić information content (AvgIpc) is 2.38. The fourth-order valence-corrected chi connectivity index (χ4v) is 1.95. The molecule has 0 saturated heterocycles. The van der Waals surface area contributed by atoms with Crippen LogP contribution in [-0.2, 0) is 4.74 Å². The number of ether oxygens (including phenoxy) is 1. The quantitative estimate of drug-likeness (QED) is 0.822. The summed E-state index contributed by atoms with van der Waals surface area (Å²) in [5.74, 6) is -0.438. The highest BCUT2D eigenvalue weighted by molar-refractivity contribution is 5.55. The van der Waals surface area contributed by atoms with Gasteiger partial charge in [0.05, 0.1) is 25.2 Å². The normalized spacial score (nSPS) is 11.9. The Morgan fingerprint density at radius 2 is 2.21 bits per heavy atom. The van der Waals surface area contributed by atoms with Crippen molar-refractivity contribution >= 4 is 5.69 Å². The van der Waals surface area contributed by atoms with Gasteiger partial charge in [0.15, 0.2) is 0 Å². The summed E-state index contributed by atoms with van der Waals surface area (Å²) >= 11 is 0. The molecular weight excluding hydrogens is 247 g/mol. The number of nitriles is 1. The molecule has 19 heavy (non-hydrogen) atoms. The van der Waals surface area contributed by atoms with E-state index < -0.39 is 11.9 Å². The fourth-order valence-electron chi connectivity index (χ4n) is 1.95. The maximum atomic E-state index is 13.8. The maximum Gasteiger partial charge on any atom is 0.131 e. The van der Waals surface area contributed by atoms with Gasteiger partial charge in [-0.15, -0.1) is 0 Å². The second-order valence-corrected chi connectivity index (χ2v) is 4.24. The zero-order valence-corrected chi connectivity index (χ0v) is 11.3. The predicted molar refractivity (Wildman–Crippen MR) is 71.4 cm³/mol. The number of aliphatic hydroxyl groups is 1. The lowest BCUT2D eigenvalue weighted by Gasteiger charge is -2.27. The second-order valence-electron chi connectivity index (χ2n) is 4.24. The lowest BCUT2D eigenvalue weighted by molar-refractivity contribution is 0.193. The Hall–Kier alpha value is -1.64. The van der Waals surface area contributed by atoms with E-state index in [1.54, 1.807) is 19.2 Å². The van der Waals surface area contributed by atoms with Crippen molar-refractivity contribution in [3.8, 4) is 6.07 Å². The van der Waals surface area contributed by atoms with Crippen LogP contribution in [0.1, 0.15) is 25.0 Å². The molecule has 0 fully saturated rings. The van der Waals surface area contributed by atoms with E-state index in [0.29, 0.717) is 31.8 Å². The topological polar surface area (TPSA) is 56.5 Å². The molecule has 0 heterocycles. The van der Waals surface area contributed by atoms with Gasteiger partial charge in [0, 0.05) is 31.5 Å². The molecule has 1 N–H and O–H groups in total. The first-order valence-corrected chi connectivity index (χ1v) is 6.19. The smallest absolute Gasteiger partial charge is 0.131 e. The molecule has 0 amide bonds. The summed E-state index contributed by atoms with van der Waals surface area (Å²) in [5.41, 5.74) is 0.874. The highest BCUT2D eigenvalue weighted by atomic mass is 19.1. The minimum Gasteiger partial charge on any atom is -0.389 e. The van der Waals surface area contributed by atoms with Crippen molar-refractivity contribution in [3.63, 3.8) is 0 Å². The molecule has 1 rings (SSSR count). The Balaban J connectivity index is 3.06. The number of hydrogen-bond donors (Lipinski definition) is 1. The summed E-state index contributed by atoms with van der Waals surface area (Å²) in [4.78, 5) is 1.86. The van der Waals surface area contributed by atoms with Gasteiger partial charge in [0.25, 0.3) is 0 Å². The molecule has 0 aliphatic carbocycles. The molecule has 5 heteroatoms. The largest absolute Gasteiger partial charge is 0.389 e. The molecule has 1 atom stereocenters. The van der Waals surface area contributed by atoms with Crippen LogP contribution in [-0.4, -0.2) is 31.9 Å². The van der Waals surface area contributed by atoms with E-state index in [1.165, 1.54) is 13.0 Å². The monoisotopic (exact) mass is 266 g/mol. The second kappa shape index (κ2) is 7.72. The summed E-state index contributed by atoms with van der Waals surface area (Å²) in [6, 6.07) is 6.74. The van der Waals surface area contributed by atoms with Crippen LogP contribution in [0.2, 0.25) is 0 Å². The molecule has 0 spiro atoms. The third-order valence-corrected chi connectivity index (χ3v) is 2.85. The Labute approximate surface area is 113 Å². The van der Waals surface area contributed by atoms with Gasteiger partial charge >= 0.3 is 0 Å². The number of rotatable bonds is 7. The van der Waals surface area contributed by atoms with Crippen molar-refractivity contribution < 1.29 is 14.2 Å².